The van der Waals surface area contributed by atoms with Gasteiger partial charge < -0.3 is 0 Å². The van der Waals surface area contributed by atoms with Gasteiger partial charge in [0.05, 0.1) is 11.9 Å². The van der Waals surface area contributed by atoms with Gasteiger partial charge in [-0.15, -0.1) is 0 Å². The number of anilines is 1. The fraction of sp³-hybridized carbons (Fsp3) is 0.154. The number of nitrogens with zero attached hydrogens (tertiary/aromatic N) is 2. The highest BCUT2D eigenvalue weighted by molar-refractivity contribution is 7.90. The minimum Gasteiger partial charge on any atom is -0.269 e. The SMILES string of the molecule is CN(Cc1ccccc1)S(=O)(=O)Nc1ccc(F)nc1. The van der Waals surface area contributed by atoms with Crippen molar-refractivity contribution in [2.24, 2.45) is 0 Å². The van der Waals surface area contributed by atoms with E-state index in [1.54, 1.807) is 0 Å². The molecule has 2 aromatic rings. The molecule has 0 atom stereocenters. The van der Waals surface area contributed by atoms with Gasteiger partial charge in [0, 0.05) is 13.6 Å². The van der Waals surface area contributed by atoms with Crippen LogP contribution < -0.4 is 4.72 Å². The van der Waals surface area contributed by atoms with Gasteiger partial charge in [0.15, 0.2) is 0 Å². The first-order valence-corrected chi connectivity index (χ1v) is 7.31. The van der Waals surface area contributed by atoms with Crippen LogP contribution in [0.2, 0.25) is 0 Å². The Hall–Kier alpha value is -1.99. The summed E-state index contributed by atoms with van der Waals surface area (Å²) in [5.74, 6) is -0.661. The molecule has 0 unspecified atom stereocenters. The van der Waals surface area contributed by atoms with Gasteiger partial charge >= 0.3 is 10.2 Å². The lowest BCUT2D eigenvalue weighted by molar-refractivity contribution is 0.471. The van der Waals surface area contributed by atoms with Gasteiger partial charge in [-0.05, 0) is 17.7 Å². The van der Waals surface area contributed by atoms with Crippen molar-refractivity contribution in [3.63, 3.8) is 0 Å². The van der Waals surface area contributed by atoms with E-state index in [0.29, 0.717) is 0 Å². The molecular weight excluding hydrogens is 281 g/mol. The summed E-state index contributed by atoms with van der Waals surface area (Å²) in [5, 5.41) is 0. The van der Waals surface area contributed by atoms with Gasteiger partial charge in [0.2, 0.25) is 5.95 Å². The van der Waals surface area contributed by atoms with Crippen molar-refractivity contribution in [2.45, 2.75) is 6.54 Å². The molecule has 0 spiro atoms. The third-order valence-corrected chi connectivity index (χ3v) is 4.08. The molecule has 2 rings (SSSR count). The second-order valence-electron chi connectivity index (χ2n) is 4.22. The maximum Gasteiger partial charge on any atom is 0.301 e. The maximum atomic E-state index is 12.7. The van der Waals surface area contributed by atoms with Crippen LogP contribution in [0.25, 0.3) is 0 Å². The number of halogens is 1. The highest BCUT2D eigenvalue weighted by atomic mass is 32.2. The molecule has 0 saturated heterocycles. The van der Waals surface area contributed by atoms with E-state index in [-0.39, 0.29) is 12.2 Å². The Bertz CT molecular complexity index is 660. The smallest absolute Gasteiger partial charge is 0.269 e. The van der Waals surface area contributed by atoms with Gasteiger partial charge in [-0.3, -0.25) is 4.72 Å². The Balaban J connectivity index is 2.08. The van der Waals surface area contributed by atoms with Gasteiger partial charge in [-0.2, -0.15) is 17.1 Å². The molecule has 0 radical (unpaired) electrons. The van der Waals surface area contributed by atoms with Crippen molar-refractivity contribution in [1.29, 1.82) is 0 Å². The van der Waals surface area contributed by atoms with Crippen LogP contribution in [0.5, 0.6) is 0 Å². The molecular formula is C13H14FN3O2S. The molecule has 0 fully saturated rings. The van der Waals surface area contributed by atoms with E-state index in [2.05, 4.69) is 9.71 Å². The minimum absolute atomic E-state index is 0.214. The summed E-state index contributed by atoms with van der Waals surface area (Å²) in [5.41, 5.74) is 1.09. The second kappa shape index (κ2) is 5.98. The molecule has 1 aromatic heterocycles. The molecule has 0 aliphatic rings. The summed E-state index contributed by atoms with van der Waals surface area (Å²) in [7, 11) is -2.24. The van der Waals surface area contributed by atoms with Crippen molar-refractivity contribution in [1.82, 2.24) is 9.29 Å². The van der Waals surface area contributed by atoms with Crippen LogP contribution in [0.4, 0.5) is 10.1 Å². The van der Waals surface area contributed by atoms with E-state index in [9.17, 15) is 12.8 Å². The van der Waals surface area contributed by atoms with Crippen molar-refractivity contribution < 1.29 is 12.8 Å². The molecule has 0 aliphatic heterocycles. The number of nitrogens with one attached hydrogen (secondary N) is 1. The third kappa shape index (κ3) is 3.75. The Morgan fingerprint density at radius 3 is 2.50 bits per heavy atom. The van der Waals surface area contributed by atoms with Gasteiger partial charge in [-0.25, -0.2) is 4.98 Å². The molecule has 0 bridgehead atoms. The quantitative estimate of drug-likeness (QED) is 0.858. The number of benzene rings is 1. The Labute approximate surface area is 117 Å². The molecule has 1 N–H and O–H groups in total. The second-order valence-corrected chi connectivity index (χ2v) is 6.00. The zero-order valence-electron chi connectivity index (χ0n) is 10.8. The topological polar surface area (TPSA) is 62.3 Å². The Kier molecular flexibility index (Phi) is 4.31. The molecule has 106 valence electrons. The Morgan fingerprint density at radius 2 is 1.90 bits per heavy atom. The van der Waals surface area contributed by atoms with Crippen LogP contribution >= 0.6 is 0 Å². The highest BCUT2D eigenvalue weighted by Crippen LogP contribution is 2.12. The minimum atomic E-state index is -3.70. The predicted molar refractivity (Wildman–Crippen MR) is 74.6 cm³/mol. The maximum absolute atomic E-state index is 12.7. The van der Waals surface area contributed by atoms with Gasteiger partial charge in [-0.1, -0.05) is 30.3 Å². The summed E-state index contributed by atoms with van der Waals surface area (Å²) in [6.07, 6.45) is 1.13. The van der Waals surface area contributed by atoms with Crippen molar-refractivity contribution >= 4 is 15.9 Å². The van der Waals surface area contributed by atoms with Crippen molar-refractivity contribution in [3.8, 4) is 0 Å². The van der Waals surface area contributed by atoms with E-state index in [1.165, 1.54) is 17.4 Å². The Morgan fingerprint density at radius 1 is 1.20 bits per heavy atom. The van der Waals surface area contributed by atoms with Crippen LogP contribution in [0.1, 0.15) is 5.56 Å². The molecule has 0 saturated carbocycles. The normalized spacial score (nSPS) is 11.6. The fourth-order valence-corrected chi connectivity index (χ4v) is 2.48. The first kappa shape index (κ1) is 14.4. The number of hydrogen-bond donors (Lipinski definition) is 1. The number of rotatable bonds is 5. The zero-order valence-corrected chi connectivity index (χ0v) is 11.6. The van der Waals surface area contributed by atoms with E-state index >= 15 is 0 Å². The predicted octanol–water partition coefficient (Wildman–Crippen LogP) is 2.01. The molecule has 0 aliphatic carbocycles. The summed E-state index contributed by atoms with van der Waals surface area (Å²) in [6, 6.07) is 11.6. The van der Waals surface area contributed by atoms with Gasteiger partial charge in [0.25, 0.3) is 0 Å². The molecule has 7 heteroatoms. The summed E-state index contributed by atoms with van der Waals surface area (Å²) in [6.45, 7) is 0.241. The van der Waals surface area contributed by atoms with Crippen molar-refractivity contribution in [3.05, 3.63) is 60.2 Å². The monoisotopic (exact) mass is 295 g/mol. The first-order chi connectivity index (χ1) is 9.47. The summed E-state index contributed by atoms with van der Waals surface area (Å²) < 4.78 is 40.3. The zero-order chi connectivity index (χ0) is 14.6. The average Bonchev–Trinajstić information content (AvgIpc) is 2.42. The van der Waals surface area contributed by atoms with Crippen molar-refractivity contribution in [2.75, 3.05) is 11.8 Å². The van der Waals surface area contributed by atoms with E-state index < -0.39 is 16.2 Å². The lowest BCUT2D eigenvalue weighted by Gasteiger charge is -2.18. The van der Waals surface area contributed by atoms with Crippen LogP contribution in [-0.2, 0) is 16.8 Å². The molecule has 0 amide bonds. The van der Waals surface area contributed by atoms with Crippen LogP contribution in [0.3, 0.4) is 0 Å². The standard InChI is InChI=1S/C13H14FN3O2S/c1-17(10-11-5-3-2-4-6-11)20(18,19)16-12-7-8-13(14)15-9-12/h2-9,16H,10H2,1H3. The number of aromatic nitrogens is 1. The van der Waals surface area contributed by atoms with Crippen LogP contribution in [0.15, 0.2) is 48.7 Å². The van der Waals surface area contributed by atoms with E-state index in [1.807, 2.05) is 30.3 Å². The van der Waals surface area contributed by atoms with Crippen LogP contribution in [0, 0.1) is 5.95 Å². The fourth-order valence-electron chi connectivity index (χ4n) is 1.59. The largest absolute Gasteiger partial charge is 0.301 e. The third-order valence-electron chi connectivity index (χ3n) is 2.63. The van der Waals surface area contributed by atoms with E-state index in [0.717, 1.165) is 17.8 Å². The molecule has 5 nitrogen and oxygen atoms in total. The molecule has 1 aromatic carbocycles. The molecule has 1 heterocycles. The van der Waals surface area contributed by atoms with Gasteiger partial charge in [0.1, 0.15) is 0 Å². The lowest BCUT2D eigenvalue weighted by Crippen LogP contribution is -2.32. The number of pyridine rings is 1. The average molecular weight is 295 g/mol. The summed E-state index contributed by atoms with van der Waals surface area (Å²) >= 11 is 0. The van der Waals surface area contributed by atoms with E-state index in [4.69, 9.17) is 0 Å². The summed E-state index contributed by atoms with van der Waals surface area (Å²) in [4.78, 5) is 3.39. The highest BCUT2D eigenvalue weighted by Gasteiger charge is 2.17. The first-order valence-electron chi connectivity index (χ1n) is 5.87. The van der Waals surface area contributed by atoms with Crippen LogP contribution in [-0.4, -0.2) is 24.8 Å². The molecule has 20 heavy (non-hydrogen) atoms. The lowest BCUT2D eigenvalue weighted by atomic mass is 10.2. The number of hydrogen-bond acceptors (Lipinski definition) is 3.